The number of nitrogens with one attached hydrogen (secondary N) is 1. The van der Waals surface area contributed by atoms with Crippen molar-refractivity contribution in [2.45, 2.75) is 39.2 Å². The summed E-state index contributed by atoms with van der Waals surface area (Å²) in [7, 11) is 3.21. The minimum Gasteiger partial charge on any atom is -0.493 e. The number of hydrogen-bond donors (Lipinski definition) is 1. The van der Waals surface area contributed by atoms with Crippen molar-refractivity contribution in [2.75, 3.05) is 27.4 Å². The van der Waals surface area contributed by atoms with Gasteiger partial charge in [0.05, 0.1) is 14.2 Å². The molecule has 0 saturated carbocycles. The fraction of sp³-hybridized carbons (Fsp3) is 0.455. The fourth-order valence-corrected chi connectivity index (χ4v) is 2.92. The molecule has 0 unspecified atom stereocenters. The molecule has 5 heteroatoms. The molecule has 0 aliphatic heterocycles. The summed E-state index contributed by atoms with van der Waals surface area (Å²) in [5.41, 5.74) is 2.48. The second kappa shape index (κ2) is 9.86. The summed E-state index contributed by atoms with van der Waals surface area (Å²) in [6, 6.07) is 12.0. The molecule has 0 heterocycles. The number of rotatable bonds is 10. The lowest BCUT2D eigenvalue weighted by Crippen LogP contribution is -2.21. The Morgan fingerprint density at radius 1 is 1.00 bits per heavy atom. The van der Waals surface area contributed by atoms with Gasteiger partial charge in [0.25, 0.3) is 0 Å². The van der Waals surface area contributed by atoms with Crippen molar-refractivity contribution >= 4 is 11.6 Å². The SMILES string of the molecule is CCC(C)(C)c1ccc(OCCNCc2cc(OC)c(OC)cc2Cl)cc1. The highest BCUT2D eigenvalue weighted by Crippen LogP contribution is 2.33. The smallest absolute Gasteiger partial charge is 0.162 e. The van der Waals surface area contributed by atoms with E-state index in [1.807, 2.05) is 18.2 Å². The highest BCUT2D eigenvalue weighted by molar-refractivity contribution is 6.31. The van der Waals surface area contributed by atoms with Crippen LogP contribution in [0.1, 0.15) is 38.3 Å². The van der Waals surface area contributed by atoms with Crippen molar-refractivity contribution in [3.63, 3.8) is 0 Å². The van der Waals surface area contributed by atoms with Crippen LogP contribution in [0, 0.1) is 0 Å². The van der Waals surface area contributed by atoms with Crippen LogP contribution in [0.5, 0.6) is 17.2 Å². The first-order chi connectivity index (χ1) is 12.9. The van der Waals surface area contributed by atoms with Crippen molar-refractivity contribution in [3.05, 3.63) is 52.5 Å². The molecule has 0 aromatic heterocycles. The standard InChI is InChI=1S/C22H30ClNO3/c1-6-22(2,3)17-7-9-18(10-8-17)27-12-11-24-15-16-13-20(25-4)21(26-5)14-19(16)23/h7-10,13-14,24H,6,11-12,15H2,1-5H3. The molecule has 4 nitrogen and oxygen atoms in total. The lowest BCUT2D eigenvalue weighted by Gasteiger charge is -2.23. The number of halogens is 1. The van der Waals surface area contributed by atoms with E-state index in [2.05, 4.69) is 38.2 Å². The molecule has 0 amide bonds. The number of methoxy groups -OCH3 is 2. The van der Waals surface area contributed by atoms with Crippen LogP contribution in [0.2, 0.25) is 5.02 Å². The summed E-state index contributed by atoms with van der Waals surface area (Å²) in [5, 5.41) is 3.99. The fourth-order valence-electron chi connectivity index (χ4n) is 2.70. The van der Waals surface area contributed by atoms with Gasteiger partial charge in [0.1, 0.15) is 12.4 Å². The van der Waals surface area contributed by atoms with Crippen LogP contribution in [-0.4, -0.2) is 27.4 Å². The van der Waals surface area contributed by atoms with Crippen LogP contribution in [0.4, 0.5) is 0 Å². The molecule has 0 bridgehead atoms. The van der Waals surface area contributed by atoms with Gasteiger partial charge in [-0.3, -0.25) is 0 Å². The summed E-state index contributed by atoms with van der Waals surface area (Å²) in [6.45, 7) is 8.65. The van der Waals surface area contributed by atoms with Gasteiger partial charge < -0.3 is 19.5 Å². The van der Waals surface area contributed by atoms with Crippen LogP contribution in [0.25, 0.3) is 0 Å². The summed E-state index contributed by atoms with van der Waals surface area (Å²) in [4.78, 5) is 0. The molecule has 0 radical (unpaired) electrons. The molecule has 2 aromatic rings. The van der Waals surface area contributed by atoms with E-state index in [-0.39, 0.29) is 5.41 Å². The molecule has 0 saturated heterocycles. The zero-order chi connectivity index (χ0) is 19.9. The first kappa shape index (κ1) is 21.4. The highest BCUT2D eigenvalue weighted by atomic mass is 35.5. The molecule has 2 rings (SSSR count). The van der Waals surface area contributed by atoms with Gasteiger partial charge in [-0.2, -0.15) is 0 Å². The third-order valence-corrected chi connectivity index (χ3v) is 5.29. The highest BCUT2D eigenvalue weighted by Gasteiger charge is 2.17. The van der Waals surface area contributed by atoms with E-state index in [1.54, 1.807) is 20.3 Å². The van der Waals surface area contributed by atoms with Crippen molar-refractivity contribution in [1.82, 2.24) is 5.32 Å². The van der Waals surface area contributed by atoms with Crippen molar-refractivity contribution in [2.24, 2.45) is 0 Å². The predicted molar refractivity (Wildman–Crippen MR) is 112 cm³/mol. The van der Waals surface area contributed by atoms with Crippen molar-refractivity contribution in [1.29, 1.82) is 0 Å². The van der Waals surface area contributed by atoms with E-state index in [4.69, 9.17) is 25.8 Å². The number of hydrogen-bond acceptors (Lipinski definition) is 4. The number of ether oxygens (including phenoxy) is 3. The largest absolute Gasteiger partial charge is 0.493 e. The molecule has 0 fully saturated rings. The molecule has 148 valence electrons. The monoisotopic (exact) mass is 391 g/mol. The molecule has 1 N–H and O–H groups in total. The van der Waals surface area contributed by atoms with Crippen LogP contribution in [-0.2, 0) is 12.0 Å². The topological polar surface area (TPSA) is 39.7 Å². The summed E-state index contributed by atoms with van der Waals surface area (Å²) in [6.07, 6.45) is 1.11. The average Bonchev–Trinajstić information content (AvgIpc) is 2.68. The average molecular weight is 392 g/mol. The second-order valence-corrected chi connectivity index (χ2v) is 7.49. The van der Waals surface area contributed by atoms with Crippen molar-refractivity contribution in [3.8, 4) is 17.2 Å². The van der Waals surface area contributed by atoms with Gasteiger partial charge in [0, 0.05) is 24.2 Å². The predicted octanol–water partition coefficient (Wildman–Crippen LogP) is 5.21. The van der Waals surface area contributed by atoms with Crippen LogP contribution >= 0.6 is 11.6 Å². The molecule has 0 atom stereocenters. The lowest BCUT2D eigenvalue weighted by molar-refractivity contribution is 0.313. The molecular formula is C22H30ClNO3. The second-order valence-electron chi connectivity index (χ2n) is 7.09. The Bertz CT molecular complexity index is 729. The normalized spacial score (nSPS) is 11.3. The third kappa shape index (κ3) is 5.78. The molecule has 0 aliphatic carbocycles. The Kier molecular flexibility index (Phi) is 7.81. The van der Waals surface area contributed by atoms with E-state index >= 15 is 0 Å². The Morgan fingerprint density at radius 2 is 1.63 bits per heavy atom. The van der Waals surface area contributed by atoms with E-state index in [0.717, 1.165) is 17.7 Å². The van der Waals surface area contributed by atoms with Gasteiger partial charge in [-0.05, 0) is 41.2 Å². The summed E-state index contributed by atoms with van der Waals surface area (Å²) >= 11 is 6.30. The molecule has 0 aliphatic rings. The Labute approximate surface area is 167 Å². The zero-order valence-electron chi connectivity index (χ0n) is 16.9. The minimum atomic E-state index is 0.193. The molecular weight excluding hydrogens is 362 g/mol. The molecule has 2 aromatic carbocycles. The maximum absolute atomic E-state index is 6.30. The maximum atomic E-state index is 6.30. The summed E-state index contributed by atoms with van der Waals surface area (Å²) < 4.78 is 16.4. The van der Waals surface area contributed by atoms with Gasteiger partial charge in [0.15, 0.2) is 11.5 Å². The zero-order valence-corrected chi connectivity index (χ0v) is 17.7. The van der Waals surface area contributed by atoms with Gasteiger partial charge in [-0.15, -0.1) is 0 Å². The van der Waals surface area contributed by atoms with E-state index in [0.29, 0.717) is 36.2 Å². The first-order valence-electron chi connectivity index (χ1n) is 9.25. The third-order valence-electron chi connectivity index (χ3n) is 4.94. The van der Waals surface area contributed by atoms with Gasteiger partial charge >= 0.3 is 0 Å². The van der Waals surface area contributed by atoms with E-state index in [1.165, 1.54) is 5.56 Å². The number of benzene rings is 2. The molecule has 0 spiro atoms. The first-order valence-corrected chi connectivity index (χ1v) is 9.63. The Balaban J connectivity index is 1.81. The minimum absolute atomic E-state index is 0.193. The summed E-state index contributed by atoms with van der Waals surface area (Å²) in [5.74, 6) is 2.19. The van der Waals surface area contributed by atoms with E-state index in [9.17, 15) is 0 Å². The van der Waals surface area contributed by atoms with Crippen LogP contribution < -0.4 is 19.5 Å². The lowest BCUT2D eigenvalue weighted by atomic mass is 9.82. The van der Waals surface area contributed by atoms with E-state index < -0.39 is 0 Å². The van der Waals surface area contributed by atoms with Crippen LogP contribution in [0.3, 0.4) is 0 Å². The maximum Gasteiger partial charge on any atom is 0.162 e. The quantitative estimate of drug-likeness (QED) is 0.564. The van der Waals surface area contributed by atoms with Gasteiger partial charge in [-0.25, -0.2) is 0 Å². The van der Waals surface area contributed by atoms with Gasteiger partial charge in [0.2, 0.25) is 0 Å². The van der Waals surface area contributed by atoms with Gasteiger partial charge in [-0.1, -0.05) is 44.5 Å². The Hall–Kier alpha value is -1.91. The molecule has 27 heavy (non-hydrogen) atoms. The Morgan fingerprint density at radius 3 is 2.22 bits per heavy atom. The van der Waals surface area contributed by atoms with Crippen molar-refractivity contribution < 1.29 is 14.2 Å². The van der Waals surface area contributed by atoms with Crippen LogP contribution in [0.15, 0.2) is 36.4 Å².